The number of Topliss-reactive ketones (excluding diaryl/α,β-unsaturated/α-hetero) is 1. The quantitative estimate of drug-likeness (QED) is 0.378. The zero-order valence-electron chi connectivity index (χ0n) is 15.9. The Hall–Kier alpha value is -3.34. The normalized spacial score (nSPS) is 18.1. The number of ether oxygens (including phenoxy) is 2. The number of fused-ring (bicyclic) bond motifs is 2. The van der Waals surface area contributed by atoms with Gasteiger partial charge in [-0.1, -0.05) is 37.5 Å². The van der Waals surface area contributed by atoms with Crippen LogP contribution in [0.15, 0.2) is 54.4 Å². The summed E-state index contributed by atoms with van der Waals surface area (Å²) in [6.45, 7) is 0. The number of benzene rings is 2. The second-order valence-corrected chi connectivity index (χ2v) is 7.64. The van der Waals surface area contributed by atoms with Crippen LogP contribution in [0.5, 0.6) is 11.5 Å². The third-order valence-electron chi connectivity index (χ3n) is 5.71. The van der Waals surface area contributed by atoms with Crippen LogP contribution in [0.1, 0.15) is 48.0 Å². The number of para-hydroxylation sites is 1. The number of carbonyl (C=O) groups excluding carboxylic acids is 2. The number of hydrogen-bond donors (Lipinski definition) is 1. The van der Waals surface area contributed by atoms with Crippen LogP contribution in [0.3, 0.4) is 0 Å². The summed E-state index contributed by atoms with van der Waals surface area (Å²) in [7, 11) is 0. The van der Waals surface area contributed by atoms with E-state index in [-0.39, 0.29) is 23.4 Å². The molecule has 1 aromatic heterocycles. The van der Waals surface area contributed by atoms with Crippen LogP contribution in [0.4, 0.5) is 0 Å². The minimum absolute atomic E-state index is 0.0307. The Balaban J connectivity index is 1.37. The molecule has 1 fully saturated rings. The highest BCUT2D eigenvalue weighted by Gasteiger charge is 2.29. The number of rotatable bonds is 3. The summed E-state index contributed by atoms with van der Waals surface area (Å²) in [5.41, 5.74) is 2.37. The third-order valence-corrected chi connectivity index (χ3v) is 5.71. The molecule has 29 heavy (non-hydrogen) atoms. The van der Waals surface area contributed by atoms with Gasteiger partial charge in [0.05, 0.1) is 11.5 Å². The molecule has 0 amide bonds. The number of hydrogen-bond acceptors (Lipinski definition) is 4. The zero-order valence-corrected chi connectivity index (χ0v) is 15.9. The van der Waals surface area contributed by atoms with Crippen molar-refractivity contribution in [3.05, 3.63) is 65.5 Å². The van der Waals surface area contributed by atoms with Crippen molar-refractivity contribution in [2.45, 2.75) is 32.1 Å². The van der Waals surface area contributed by atoms with E-state index in [1.165, 1.54) is 6.42 Å². The molecule has 2 heterocycles. The van der Waals surface area contributed by atoms with Crippen molar-refractivity contribution < 1.29 is 19.1 Å². The summed E-state index contributed by atoms with van der Waals surface area (Å²) in [5.74, 6) is 0.715. The van der Waals surface area contributed by atoms with Gasteiger partial charge < -0.3 is 14.5 Å². The number of nitrogens with one attached hydrogen (secondary N) is 1. The summed E-state index contributed by atoms with van der Waals surface area (Å²) < 4.78 is 11.4. The van der Waals surface area contributed by atoms with E-state index in [0.717, 1.165) is 42.1 Å². The molecule has 3 aromatic rings. The SMILES string of the molecule is O=C1/C(=C/c2c[nH]c3ccccc23)Oc2cc(OC(=O)C3CCCCC3)ccc21. The second kappa shape index (κ2) is 7.24. The van der Waals surface area contributed by atoms with Crippen LogP contribution in [0.2, 0.25) is 0 Å². The smallest absolute Gasteiger partial charge is 0.314 e. The average molecular weight is 387 g/mol. The van der Waals surface area contributed by atoms with E-state index in [4.69, 9.17) is 9.47 Å². The van der Waals surface area contributed by atoms with Crippen molar-refractivity contribution in [1.82, 2.24) is 4.98 Å². The van der Waals surface area contributed by atoms with Gasteiger partial charge in [0.25, 0.3) is 0 Å². The Morgan fingerprint density at radius 3 is 2.79 bits per heavy atom. The van der Waals surface area contributed by atoms with Gasteiger partial charge in [-0.15, -0.1) is 0 Å². The maximum Gasteiger partial charge on any atom is 0.314 e. The molecule has 1 aliphatic carbocycles. The van der Waals surface area contributed by atoms with Crippen LogP contribution in [0, 0.1) is 5.92 Å². The number of carbonyl (C=O) groups is 2. The Morgan fingerprint density at radius 1 is 1.10 bits per heavy atom. The molecule has 1 aliphatic heterocycles. The van der Waals surface area contributed by atoms with Crippen molar-refractivity contribution >= 4 is 28.7 Å². The minimum atomic E-state index is -0.191. The average Bonchev–Trinajstić information content (AvgIpc) is 3.30. The summed E-state index contributed by atoms with van der Waals surface area (Å²) in [6.07, 6.45) is 8.70. The first-order valence-electron chi connectivity index (χ1n) is 10.1. The number of allylic oxidation sites excluding steroid dienone is 1. The first-order chi connectivity index (χ1) is 14.2. The fraction of sp³-hybridized carbons (Fsp3) is 0.250. The summed E-state index contributed by atoms with van der Waals surface area (Å²) in [5, 5.41) is 1.02. The van der Waals surface area contributed by atoms with Crippen molar-refractivity contribution in [3.8, 4) is 11.5 Å². The molecule has 0 spiro atoms. The fourth-order valence-corrected chi connectivity index (χ4v) is 4.12. The van der Waals surface area contributed by atoms with E-state index < -0.39 is 0 Å². The van der Waals surface area contributed by atoms with Crippen molar-refractivity contribution in [2.24, 2.45) is 5.92 Å². The van der Waals surface area contributed by atoms with E-state index in [0.29, 0.717) is 17.1 Å². The topological polar surface area (TPSA) is 68.4 Å². The monoisotopic (exact) mass is 387 g/mol. The first kappa shape index (κ1) is 17.7. The van der Waals surface area contributed by atoms with Crippen molar-refractivity contribution in [3.63, 3.8) is 0 Å². The maximum absolute atomic E-state index is 12.7. The lowest BCUT2D eigenvalue weighted by Gasteiger charge is -2.19. The molecule has 0 unspecified atom stereocenters. The van der Waals surface area contributed by atoms with Crippen LogP contribution < -0.4 is 9.47 Å². The molecule has 0 bridgehead atoms. The number of ketones is 1. The summed E-state index contributed by atoms with van der Waals surface area (Å²) >= 11 is 0. The number of esters is 1. The van der Waals surface area contributed by atoms with Gasteiger partial charge in [-0.25, -0.2) is 0 Å². The second-order valence-electron chi connectivity index (χ2n) is 7.64. The van der Waals surface area contributed by atoms with Gasteiger partial charge in [0.2, 0.25) is 5.78 Å². The van der Waals surface area contributed by atoms with Gasteiger partial charge in [0, 0.05) is 28.7 Å². The fourth-order valence-electron chi connectivity index (χ4n) is 4.12. The molecule has 2 aliphatic rings. The predicted molar refractivity (Wildman–Crippen MR) is 110 cm³/mol. The highest BCUT2D eigenvalue weighted by molar-refractivity contribution is 6.15. The molecule has 5 heteroatoms. The number of H-pyrrole nitrogens is 1. The van der Waals surface area contributed by atoms with Crippen molar-refractivity contribution in [2.75, 3.05) is 0 Å². The lowest BCUT2D eigenvalue weighted by Crippen LogP contribution is -2.22. The highest BCUT2D eigenvalue weighted by Crippen LogP contribution is 2.36. The van der Waals surface area contributed by atoms with Crippen LogP contribution in [0.25, 0.3) is 17.0 Å². The Morgan fingerprint density at radius 2 is 1.93 bits per heavy atom. The van der Waals surface area contributed by atoms with Crippen LogP contribution in [-0.2, 0) is 4.79 Å². The lowest BCUT2D eigenvalue weighted by molar-refractivity contribution is -0.139. The van der Waals surface area contributed by atoms with E-state index in [9.17, 15) is 9.59 Å². The minimum Gasteiger partial charge on any atom is -0.452 e. The van der Waals surface area contributed by atoms with E-state index in [1.54, 1.807) is 24.3 Å². The summed E-state index contributed by atoms with van der Waals surface area (Å²) in [6, 6.07) is 12.8. The van der Waals surface area contributed by atoms with Gasteiger partial charge in [-0.3, -0.25) is 9.59 Å². The molecular weight excluding hydrogens is 366 g/mol. The lowest BCUT2D eigenvalue weighted by atomic mass is 9.89. The summed E-state index contributed by atoms with van der Waals surface area (Å²) in [4.78, 5) is 28.3. The molecule has 0 radical (unpaired) electrons. The maximum atomic E-state index is 12.7. The number of aromatic nitrogens is 1. The number of aromatic amines is 1. The molecule has 1 saturated carbocycles. The van der Waals surface area contributed by atoms with E-state index in [1.807, 2.05) is 30.5 Å². The van der Waals surface area contributed by atoms with Gasteiger partial charge in [-0.05, 0) is 37.1 Å². The largest absolute Gasteiger partial charge is 0.452 e. The molecule has 146 valence electrons. The predicted octanol–water partition coefficient (Wildman–Crippen LogP) is 5.27. The van der Waals surface area contributed by atoms with Crippen molar-refractivity contribution in [1.29, 1.82) is 0 Å². The van der Waals surface area contributed by atoms with Crippen LogP contribution in [-0.4, -0.2) is 16.7 Å². The standard InChI is InChI=1S/C24H21NO4/c26-23-19-11-10-17(28-24(27)15-6-2-1-3-7-15)13-21(19)29-22(23)12-16-14-25-20-9-5-4-8-18(16)20/h4-5,8-15,25H,1-3,6-7H2/b22-12-. The molecular formula is C24H21NO4. The highest BCUT2D eigenvalue weighted by atomic mass is 16.5. The molecule has 5 rings (SSSR count). The van der Waals surface area contributed by atoms with Gasteiger partial charge in [0.15, 0.2) is 5.76 Å². The van der Waals surface area contributed by atoms with Gasteiger partial charge in [-0.2, -0.15) is 0 Å². The van der Waals surface area contributed by atoms with E-state index in [2.05, 4.69) is 4.98 Å². The molecule has 0 atom stereocenters. The first-order valence-corrected chi connectivity index (χ1v) is 10.1. The Kier molecular flexibility index (Phi) is 4.43. The molecule has 0 saturated heterocycles. The third kappa shape index (κ3) is 3.33. The Bertz CT molecular complexity index is 1130. The van der Waals surface area contributed by atoms with E-state index >= 15 is 0 Å². The Labute approximate surface area is 168 Å². The zero-order chi connectivity index (χ0) is 19.8. The molecule has 2 aromatic carbocycles. The van der Waals surface area contributed by atoms with Gasteiger partial charge in [0.1, 0.15) is 11.5 Å². The molecule has 1 N–H and O–H groups in total. The van der Waals surface area contributed by atoms with Gasteiger partial charge >= 0.3 is 5.97 Å². The van der Waals surface area contributed by atoms with Crippen LogP contribution >= 0.6 is 0 Å². The molecule has 5 nitrogen and oxygen atoms in total.